The van der Waals surface area contributed by atoms with Gasteiger partial charge < -0.3 is 11.1 Å². The molecule has 23 heavy (non-hydrogen) atoms. The van der Waals surface area contributed by atoms with Crippen LogP contribution in [0.4, 0.5) is 21.6 Å². The van der Waals surface area contributed by atoms with Crippen LogP contribution in [0.5, 0.6) is 0 Å². The van der Waals surface area contributed by atoms with Crippen molar-refractivity contribution in [3.8, 4) is 0 Å². The van der Waals surface area contributed by atoms with Crippen LogP contribution in [0.15, 0.2) is 66.9 Å². The van der Waals surface area contributed by atoms with Gasteiger partial charge in [-0.3, -0.25) is 4.79 Å². The number of nitrogens with one attached hydrogen (secondary N) is 1. The second-order valence-corrected chi connectivity index (χ2v) is 4.95. The molecule has 0 aliphatic rings. The fourth-order valence-electron chi connectivity index (χ4n) is 2.20. The summed E-state index contributed by atoms with van der Waals surface area (Å²) in [4.78, 5) is 16.8. The summed E-state index contributed by atoms with van der Waals surface area (Å²) in [7, 11) is 0. The molecule has 1 aromatic heterocycles. The number of halogens is 1. The second kappa shape index (κ2) is 6.27. The van der Waals surface area contributed by atoms with Gasteiger partial charge in [0.15, 0.2) is 11.6 Å². The summed E-state index contributed by atoms with van der Waals surface area (Å²) in [5.41, 5.74) is 7.82. The van der Waals surface area contributed by atoms with E-state index in [0.717, 1.165) is 0 Å². The van der Waals surface area contributed by atoms with Crippen LogP contribution in [0, 0.1) is 5.82 Å². The molecule has 4 nitrogen and oxygen atoms in total. The number of para-hydroxylation sites is 1. The molecule has 0 unspecified atom stereocenters. The van der Waals surface area contributed by atoms with Gasteiger partial charge in [0, 0.05) is 17.3 Å². The van der Waals surface area contributed by atoms with E-state index in [2.05, 4.69) is 10.3 Å². The number of nitrogens with two attached hydrogens (primary N) is 1. The van der Waals surface area contributed by atoms with Gasteiger partial charge in [0.2, 0.25) is 0 Å². The van der Waals surface area contributed by atoms with Crippen LogP contribution < -0.4 is 11.1 Å². The highest BCUT2D eigenvalue weighted by molar-refractivity contribution is 6.12. The molecule has 3 rings (SSSR count). The van der Waals surface area contributed by atoms with E-state index in [1.54, 1.807) is 36.5 Å². The Labute approximate surface area is 132 Å². The lowest BCUT2D eigenvalue weighted by molar-refractivity contribution is 0.103. The highest BCUT2D eigenvalue weighted by Gasteiger charge is 2.14. The molecule has 0 amide bonds. The quantitative estimate of drug-likeness (QED) is 0.720. The van der Waals surface area contributed by atoms with Crippen LogP contribution in [0.1, 0.15) is 15.9 Å². The maximum Gasteiger partial charge on any atom is 0.195 e. The number of ketones is 1. The molecule has 0 atom stereocenters. The van der Waals surface area contributed by atoms with Gasteiger partial charge in [-0.15, -0.1) is 0 Å². The van der Waals surface area contributed by atoms with Gasteiger partial charge in [-0.2, -0.15) is 0 Å². The van der Waals surface area contributed by atoms with Crippen molar-refractivity contribution in [1.29, 1.82) is 0 Å². The Kier molecular flexibility index (Phi) is 4.01. The largest absolute Gasteiger partial charge is 0.396 e. The van der Waals surface area contributed by atoms with E-state index in [0.29, 0.717) is 28.3 Å². The highest BCUT2D eigenvalue weighted by Crippen LogP contribution is 2.25. The molecule has 3 N–H and O–H groups in total. The predicted octanol–water partition coefficient (Wildman–Crippen LogP) is 3.78. The third-order valence-corrected chi connectivity index (χ3v) is 3.37. The fourth-order valence-corrected chi connectivity index (χ4v) is 2.20. The second-order valence-electron chi connectivity index (χ2n) is 4.95. The van der Waals surface area contributed by atoms with E-state index in [1.807, 2.05) is 6.07 Å². The third-order valence-electron chi connectivity index (χ3n) is 3.37. The van der Waals surface area contributed by atoms with E-state index in [1.165, 1.54) is 24.3 Å². The van der Waals surface area contributed by atoms with Crippen LogP contribution >= 0.6 is 0 Å². The van der Waals surface area contributed by atoms with Crippen LogP contribution in [0.2, 0.25) is 0 Å². The molecule has 0 aliphatic carbocycles. The first-order valence-corrected chi connectivity index (χ1v) is 7.02. The molecule has 0 bridgehead atoms. The Morgan fingerprint density at radius 1 is 1.00 bits per heavy atom. The third kappa shape index (κ3) is 3.18. The number of nitrogens with zero attached hydrogens (tertiary/aromatic N) is 1. The lowest BCUT2D eigenvalue weighted by Gasteiger charge is -2.12. The fraction of sp³-hybridized carbons (Fsp3) is 0. The van der Waals surface area contributed by atoms with Crippen LogP contribution in [0.25, 0.3) is 0 Å². The maximum atomic E-state index is 13.0. The Bertz CT molecular complexity index is 847. The summed E-state index contributed by atoms with van der Waals surface area (Å²) < 4.78 is 13.0. The summed E-state index contributed by atoms with van der Waals surface area (Å²) in [6.45, 7) is 0. The first kappa shape index (κ1) is 14.7. The molecule has 0 spiro atoms. The van der Waals surface area contributed by atoms with Gasteiger partial charge in [0.1, 0.15) is 5.82 Å². The molecule has 5 heteroatoms. The molecule has 0 fully saturated rings. The highest BCUT2D eigenvalue weighted by atomic mass is 19.1. The summed E-state index contributed by atoms with van der Waals surface area (Å²) in [6.07, 6.45) is 1.61. The van der Waals surface area contributed by atoms with Crippen molar-refractivity contribution in [2.45, 2.75) is 0 Å². The molecule has 114 valence electrons. The standard InChI is InChI=1S/C18H14FN3O/c19-13-9-7-12(8-10-13)17(23)14-4-1-2-6-16(14)22-18-15(20)5-3-11-21-18/h1-11H,20H2,(H,21,22). The van der Waals surface area contributed by atoms with Gasteiger partial charge in [0.25, 0.3) is 0 Å². The Hall–Kier alpha value is -3.21. The lowest BCUT2D eigenvalue weighted by Crippen LogP contribution is -2.07. The van der Waals surface area contributed by atoms with E-state index < -0.39 is 0 Å². The van der Waals surface area contributed by atoms with Crippen molar-refractivity contribution < 1.29 is 9.18 Å². The Morgan fingerprint density at radius 2 is 1.74 bits per heavy atom. The minimum absolute atomic E-state index is 0.206. The summed E-state index contributed by atoms with van der Waals surface area (Å²) in [6, 6.07) is 16.0. The summed E-state index contributed by atoms with van der Waals surface area (Å²) >= 11 is 0. The number of carbonyl (C=O) groups is 1. The average Bonchev–Trinajstić information content (AvgIpc) is 2.57. The summed E-state index contributed by atoms with van der Waals surface area (Å²) in [5, 5.41) is 3.07. The number of carbonyl (C=O) groups excluding carboxylic acids is 1. The number of pyridine rings is 1. The molecule has 1 heterocycles. The van der Waals surface area contributed by atoms with E-state index in [-0.39, 0.29) is 11.6 Å². The first-order chi connectivity index (χ1) is 11.1. The molecule has 0 saturated heterocycles. The number of nitrogen functional groups attached to an aromatic ring is 1. The number of hydrogen-bond donors (Lipinski definition) is 2. The molecule has 0 radical (unpaired) electrons. The molecular weight excluding hydrogens is 293 g/mol. The number of aromatic nitrogens is 1. The van der Waals surface area contributed by atoms with E-state index in [4.69, 9.17) is 5.73 Å². The van der Waals surface area contributed by atoms with E-state index >= 15 is 0 Å². The Morgan fingerprint density at radius 3 is 2.48 bits per heavy atom. The monoisotopic (exact) mass is 307 g/mol. The van der Waals surface area contributed by atoms with Crippen molar-refractivity contribution in [2.24, 2.45) is 0 Å². The lowest BCUT2D eigenvalue weighted by atomic mass is 10.0. The minimum Gasteiger partial charge on any atom is -0.396 e. The van der Waals surface area contributed by atoms with Crippen molar-refractivity contribution >= 4 is 23.0 Å². The van der Waals surface area contributed by atoms with Gasteiger partial charge in [-0.1, -0.05) is 12.1 Å². The zero-order valence-electron chi connectivity index (χ0n) is 12.2. The normalized spacial score (nSPS) is 10.3. The molecule has 0 saturated carbocycles. The van der Waals surface area contributed by atoms with Crippen molar-refractivity contribution in [3.63, 3.8) is 0 Å². The van der Waals surface area contributed by atoms with Gasteiger partial charge in [-0.25, -0.2) is 9.37 Å². The van der Waals surface area contributed by atoms with Gasteiger partial charge in [0.05, 0.1) is 11.4 Å². The zero-order valence-corrected chi connectivity index (χ0v) is 12.2. The molecule has 0 aliphatic heterocycles. The molecule has 3 aromatic rings. The number of anilines is 3. The average molecular weight is 307 g/mol. The van der Waals surface area contributed by atoms with Crippen LogP contribution in [-0.2, 0) is 0 Å². The minimum atomic E-state index is -0.380. The number of benzene rings is 2. The predicted molar refractivity (Wildman–Crippen MR) is 88.2 cm³/mol. The molecule has 2 aromatic carbocycles. The van der Waals surface area contributed by atoms with Crippen molar-refractivity contribution in [2.75, 3.05) is 11.1 Å². The zero-order chi connectivity index (χ0) is 16.2. The van der Waals surface area contributed by atoms with Crippen LogP contribution in [-0.4, -0.2) is 10.8 Å². The summed E-state index contributed by atoms with van der Waals surface area (Å²) in [5.74, 6) is -0.108. The number of rotatable bonds is 4. The van der Waals surface area contributed by atoms with Crippen LogP contribution in [0.3, 0.4) is 0 Å². The topological polar surface area (TPSA) is 68.0 Å². The number of hydrogen-bond acceptors (Lipinski definition) is 4. The van der Waals surface area contributed by atoms with Crippen molar-refractivity contribution in [1.82, 2.24) is 4.98 Å². The van der Waals surface area contributed by atoms with Gasteiger partial charge in [-0.05, 0) is 48.5 Å². The first-order valence-electron chi connectivity index (χ1n) is 7.02. The Balaban J connectivity index is 1.96. The smallest absolute Gasteiger partial charge is 0.195 e. The van der Waals surface area contributed by atoms with Crippen molar-refractivity contribution in [3.05, 3.63) is 83.8 Å². The molecular formula is C18H14FN3O. The maximum absolute atomic E-state index is 13.0. The van der Waals surface area contributed by atoms with E-state index in [9.17, 15) is 9.18 Å². The van der Waals surface area contributed by atoms with Gasteiger partial charge >= 0.3 is 0 Å². The SMILES string of the molecule is Nc1cccnc1Nc1ccccc1C(=O)c1ccc(F)cc1.